The molecule has 0 radical (unpaired) electrons. The highest BCUT2D eigenvalue weighted by Gasteiger charge is 2.36. The Kier molecular flexibility index (Phi) is 4.82. The van der Waals surface area contributed by atoms with Crippen molar-refractivity contribution in [2.75, 3.05) is 19.7 Å². The van der Waals surface area contributed by atoms with Gasteiger partial charge in [0, 0.05) is 23.5 Å². The van der Waals surface area contributed by atoms with Crippen LogP contribution in [-0.2, 0) is 12.0 Å². The molecule has 0 aromatic heterocycles. The molecular weight excluding hydrogens is 294 g/mol. The van der Waals surface area contributed by atoms with E-state index in [1.165, 1.54) is 11.1 Å². The quantitative estimate of drug-likeness (QED) is 0.926. The maximum absolute atomic E-state index is 10.1. The molecule has 116 valence electrons. The van der Waals surface area contributed by atoms with Gasteiger partial charge in [0.15, 0.2) is 0 Å². The molecule has 0 spiro atoms. The Bertz CT molecular complexity index is 599. The van der Waals surface area contributed by atoms with Gasteiger partial charge in [0.05, 0.1) is 6.61 Å². The van der Waals surface area contributed by atoms with Gasteiger partial charge in [-0.15, -0.1) is 0 Å². The number of aliphatic hydroxyl groups is 1. The number of benzene rings is 2. The van der Waals surface area contributed by atoms with Crippen LogP contribution in [-0.4, -0.2) is 29.7 Å². The van der Waals surface area contributed by atoms with Gasteiger partial charge in [-0.1, -0.05) is 54.1 Å². The molecule has 2 aromatic carbocycles. The molecule has 2 nitrogen and oxygen atoms in total. The second kappa shape index (κ2) is 6.82. The third kappa shape index (κ3) is 3.35. The molecule has 0 saturated carbocycles. The Labute approximate surface area is 137 Å². The summed E-state index contributed by atoms with van der Waals surface area (Å²) in [7, 11) is 0. The summed E-state index contributed by atoms with van der Waals surface area (Å²) in [5.74, 6) is 0. The third-order valence-electron chi connectivity index (χ3n) is 4.66. The standard InChI is InChI=1S/C19H22ClNO/c20-18-9-7-17(8-10-18)19(15-22)11-4-12-21(14-19)13-16-5-2-1-3-6-16/h1-3,5-10,22H,4,11-15H2. The lowest BCUT2D eigenvalue weighted by atomic mass is 9.74. The molecule has 1 aliphatic heterocycles. The molecule has 0 aliphatic carbocycles. The predicted molar refractivity (Wildman–Crippen MR) is 91.2 cm³/mol. The van der Waals surface area contributed by atoms with Crippen LogP contribution in [0.5, 0.6) is 0 Å². The van der Waals surface area contributed by atoms with E-state index < -0.39 is 0 Å². The second-order valence-corrected chi connectivity index (χ2v) is 6.68. The van der Waals surface area contributed by atoms with Gasteiger partial charge >= 0.3 is 0 Å². The van der Waals surface area contributed by atoms with Crippen molar-refractivity contribution >= 4 is 11.6 Å². The lowest BCUT2D eigenvalue weighted by molar-refractivity contribution is 0.0850. The Balaban J connectivity index is 1.79. The van der Waals surface area contributed by atoms with Crippen LogP contribution < -0.4 is 0 Å². The SMILES string of the molecule is OCC1(c2ccc(Cl)cc2)CCCN(Cc2ccccc2)C1. The van der Waals surface area contributed by atoms with Gasteiger partial charge in [-0.25, -0.2) is 0 Å². The lowest BCUT2D eigenvalue weighted by Gasteiger charge is -2.42. The van der Waals surface area contributed by atoms with Crippen LogP contribution in [0, 0.1) is 0 Å². The van der Waals surface area contributed by atoms with Gasteiger partial charge in [0.1, 0.15) is 0 Å². The van der Waals surface area contributed by atoms with Crippen molar-refractivity contribution in [3.05, 3.63) is 70.7 Å². The largest absolute Gasteiger partial charge is 0.395 e. The Morgan fingerprint density at radius 1 is 1.05 bits per heavy atom. The van der Waals surface area contributed by atoms with Crippen LogP contribution in [0.25, 0.3) is 0 Å². The molecule has 1 saturated heterocycles. The van der Waals surface area contributed by atoms with Crippen molar-refractivity contribution < 1.29 is 5.11 Å². The fraction of sp³-hybridized carbons (Fsp3) is 0.368. The maximum atomic E-state index is 10.1. The predicted octanol–water partition coefficient (Wildman–Crippen LogP) is 3.87. The molecule has 1 unspecified atom stereocenters. The molecule has 1 aliphatic rings. The van der Waals surface area contributed by atoms with Crippen LogP contribution in [0.3, 0.4) is 0 Å². The topological polar surface area (TPSA) is 23.5 Å². The summed E-state index contributed by atoms with van der Waals surface area (Å²) >= 11 is 6.00. The average Bonchev–Trinajstić information content (AvgIpc) is 2.56. The van der Waals surface area contributed by atoms with Crippen molar-refractivity contribution in [2.45, 2.75) is 24.8 Å². The van der Waals surface area contributed by atoms with Crippen molar-refractivity contribution in [1.29, 1.82) is 0 Å². The molecule has 2 aromatic rings. The van der Waals surface area contributed by atoms with Crippen LogP contribution >= 0.6 is 11.6 Å². The zero-order valence-corrected chi connectivity index (χ0v) is 13.5. The van der Waals surface area contributed by atoms with Gasteiger partial charge in [-0.05, 0) is 42.6 Å². The highest BCUT2D eigenvalue weighted by Crippen LogP contribution is 2.34. The fourth-order valence-electron chi connectivity index (χ4n) is 3.46. The molecular formula is C19H22ClNO. The maximum Gasteiger partial charge on any atom is 0.0540 e. The number of piperidine rings is 1. The first-order valence-electron chi connectivity index (χ1n) is 7.85. The normalized spacial score (nSPS) is 22.6. The number of hydrogen-bond acceptors (Lipinski definition) is 2. The van der Waals surface area contributed by atoms with Crippen LogP contribution in [0.1, 0.15) is 24.0 Å². The first-order valence-corrected chi connectivity index (χ1v) is 8.23. The van der Waals surface area contributed by atoms with Gasteiger partial charge in [-0.3, -0.25) is 4.90 Å². The minimum absolute atomic E-state index is 0.169. The Morgan fingerprint density at radius 3 is 2.45 bits per heavy atom. The third-order valence-corrected chi connectivity index (χ3v) is 4.92. The van der Waals surface area contributed by atoms with Crippen LogP contribution in [0.4, 0.5) is 0 Å². The molecule has 1 atom stereocenters. The highest BCUT2D eigenvalue weighted by atomic mass is 35.5. The molecule has 0 amide bonds. The molecule has 0 bridgehead atoms. The van der Waals surface area contributed by atoms with E-state index in [2.05, 4.69) is 41.3 Å². The number of halogens is 1. The first kappa shape index (κ1) is 15.5. The second-order valence-electron chi connectivity index (χ2n) is 6.25. The summed E-state index contributed by atoms with van der Waals surface area (Å²) in [5.41, 5.74) is 2.35. The van der Waals surface area contributed by atoms with Crippen molar-refractivity contribution in [3.63, 3.8) is 0 Å². The van der Waals surface area contributed by atoms with Gasteiger partial charge in [0.2, 0.25) is 0 Å². The summed E-state index contributed by atoms with van der Waals surface area (Å²) in [6.45, 7) is 3.10. The highest BCUT2D eigenvalue weighted by molar-refractivity contribution is 6.30. The van der Waals surface area contributed by atoms with Gasteiger partial charge in [-0.2, -0.15) is 0 Å². The van der Waals surface area contributed by atoms with E-state index in [0.29, 0.717) is 0 Å². The van der Waals surface area contributed by atoms with Crippen LogP contribution in [0.2, 0.25) is 5.02 Å². The zero-order valence-electron chi connectivity index (χ0n) is 12.7. The zero-order chi connectivity index (χ0) is 15.4. The summed E-state index contributed by atoms with van der Waals surface area (Å²) in [5, 5.41) is 10.8. The molecule has 1 heterocycles. The number of rotatable bonds is 4. The van der Waals surface area contributed by atoms with Crippen molar-refractivity contribution in [2.24, 2.45) is 0 Å². The van der Waals surface area contributed by atoms with Gasteiger partial charge in [0.25, 0.3) is 0 Å². The number of hydrogen-bond donors (Lipinski definition) is 1. The summed E-state index contributed by atoms with van der Waals surface area (Å²) in [6, 6.07) is 18.5. The molecule has 3 heteroatoms. The van der Waals surface area contributed by atoms with E-state index in [9.17, 15) is 5.11 Å². The van der Waals surface area contributed by atoms with E-state index in [1.54, 1.807) is 0 Å². The smallest absolute Gasteiger partial charge is 0.0540 e. The number of aliphatic hydroxyl groups excluding tert-OH is 1. The average molecular weight is 316 g/mol. The monoisotopic (exact) mass is 315 g/mol. The minimum atomic E-state index is -0.169. The molecule has 3 rings (SSSR count). The Morgan fingerprint density at radius 2 is 1.77 bits per heavy atom. The minimum Gasteiger partial charge on any atom is -0.395 e. The number of nitrogens with zero attached hydrogens (tertiary/aromatic N) is 1. The summed E-state index contributed by atoms with van der Waals surface area (Å²) in [4.78, 5) is 2.45. The lowest BCUT2D eigenvalue weighted by Crippen LogP contribution is -2.47. The van der Waals surface area contributed by atoms with Crippen molar-refractivity contribution in [1.82, 2.24) is 4.90 Å². The van der Waals surface area contributed by atoms with E-state index in [4.69, 9.17) is 11.6 Å². The van der Waals surface area contributed by atoms with E-state index >= 15 is 0 Å². The van der Waals surface area contributed by atoms with Crippen molar-refractivity contribution in [3.8, 4) is 0 Å². The first-order chi connectivity index (χ1) is 10.7. The summed E-state index contributed by atoms with van der Waals surface area (Å²) < 4.78 is 0. The molecule has 1 fully saturated rings. The Hall–Kier alpha value is -1.35. The van der Waals surface area contributed by atoms with E-state index in [-0.39, 0.29) is 12.0 Å². The van der Waals surface area contributed by atoms with E-state index in [1.807, 2.05) is 18.2 Å². The van der Waals surface area contributed by atoms with Gasteiger partial charge < -0.3 is 5.11 Å². The number of likely N-dealkylation sites (tertiary alicyclic amines) is 1. The fourth-order valence-corrected chi connectivity index (χ4v) is 3.59. The van der Waals surface area contributed by atoms with Crippen LogP contribution in [0.15, 0.2) is 54.6 Å². The molecule has 22 heavy (non-hydrogen) atoms. The molecule has 1 N–H and O–H groups in total. The summed E-state index contributed by atoms with van der Waals surface area (Å²) in [6.07, 6.45) is 2.13. The van der Waals surface area contributed by atoms with E-state index in [0.717, 1.165) is 37.5 Å².